The fourth-order valence-corrected chi connectivity index (χ4v) is 3.50. The number of hydrogen-bond acceptors (Lipinski definition) is 5. The summed E-state index contributed by atoms with van der Waals surface area (Å²) in [6.07, 6.45) is 5.91. The molecule has 2 amide bonds. The predicted molar refractivity (Wildman–Crippen MR) is 127 cm³/mol. The van der Waals surface area contributed by atoms with E-state index in [-0.39, 0.29) is 42.8 Å². The highest BCUT2D eigenvalue weighted by Crippen LogP contribution is 2.18. The molecular formula is C24H35BrN2O5. The van der Waals surface area contributed by atoms with E-state index in [2.05, 4.69) is 28.2 Å². The molecule has 0 aliphatic heterocycles. The first-order chi connectivity index (χ1) is 15.2. The van der Waals surface area contributed by atoms with Crippen LogP contribution in [-0.4, -0.2) is 29.6 Å². The average molecular weight is 511 g/mol. The van der Waals surface area contributed by atoms with Gasteiger partial charge in [-0.05, 0) is 43.0 Å². The van der Waals surface area contributed by atoms with Crippen molar-refractivity contribution in [2.75, 3.05) is 0 Å². The van der Waals surface area contributed by atoms with Crippen molar-refractivity contribution in [3.63, 3.8) is 0 Å². The number of hydrogen-bond donors (Lipinski definition) is 2. The molecule has 8 heteroatoms. The van der Waals surface area contributed by atoms with Crippen molar-refractivity contribution in [3.8, 4) is 5.75 Å². The van der Waals surface area contributed by atoms with Crippen molar-refractivity contribution in [1.82, 2.24) is 5.32 Å². The second-order valence-corrected chi connectivity index (χ2v) is 9.11. The Morgan fingerprint density at radius 3 is 2.28 bits per heavy atom. The Morgan fingerprint density at radius 2 is 1.66 bits per heavy atom. The summed E-state index contributed by atoms with van der Waals surface area (Å²) < 4.78 is 6.16. The van der Waals surface area contributed by atoms with Crippen LogP contribution in [-0.2, 0) is 19.2 Å². The van der Waals surface area contributed by atoms with E-state index in [1.165, 1.54) is 0 Å². The second kappa shape index (κ2) is 15.6. The fraction of sp³-hybridized carbons (Fsp3) is 0.583. The Balaban J connectivity index is 2.45. The molecule has 1 aromatic rings. The third-order valence-electron chi connectivity index (χ3n) is 5.07. The van der Waals surface area contributed by atoms with Gasteiger partial charge in [0.25, 0.3) is 0 Å². The molecule has 0 fully saturated rings. The van der Waals surface area contributed by atoms with Gasteiger partial charge < -0.3 is 15.8 Å². The van der Waals surface area contributed by atoms with Gasteiger partial charge in [0.05, 0.1) is 12.5 Å². The van der Waals surface area contributed by atoms with Gasteiger partial charge in [0, 0.05) is 23.7 Å². The minimum atomic E-state index is -0.923. The van der Waals surface area contributed by atoms with Crippen molar-refractivity contribution in [2.45, 2.75) is 84.1 Å². The zero-order valence-corrected chi connectivity index (χ0v) is 20.6. The van der Waals surface area contributed by atoms with Gasteiger partial charge >= 0.3 is 5.97 Å². The Hall–Kier alpha value is -2.22. The maximum atomic E-state index is 12.7. The fourth-order valence-electron chi connectivity index (χ4n) is 3.24. The molecule has 0 radical (unpaired) electrons. The van der Waals surface area contributed by atoms with Gasteiger partial charge in [-0.1, -0.05) is 55.5 Å². The number of amides is 2. The van der Waals surface area contributed by atoms with Crippen LogP contribution in [0.5, 0.6) is 5.75 Å². The van der Waals surface area contributed by atoms with Crippen LogP contribution < -0.4 is 15.8 Å². The Labute approximate surface area is 199 Å². The Morgan fingerprint density at radius 1 is 1.00 bits per heavy atom. The zero-order valence-electron chi connectivity index (χ0n) is 19.0. The number of halogens is 1. The minimum absolute atomic E-state index is 0.110. The first-order valence-corrected chi connectivity index (χ1v) is 12.1. The molecule has 32 heavy (non-hydrogen) atoms. The van der Waals surface area contributed by atoms with Crippen molar-refractivity contribution < 1.29 is 23.9 Å². The molecule has 0 spiro atoms. The molecule has 0 aliphatic rings. The summed E-state index contributed by atoms with van der Waals surface area (Å²) in [5.74, 6) is -1.17. The van der Waals surface area contributed by atoms with Crippen LogP contribution in [0, 0.1) is 5.92 Å². The predicted octanol–water partition coefficient (Wildman–Crippen LogP) is 4.45. The van der Waals surface area contributed by atoms with Gasteiger partial charge in [-0.25, -0.2) is 0 Å². The average Bonchev–Trinajstić information content (AvgIpc) is 2.73. The number of carbonyl (C=O) groups is 4. The SMILES string of the molecule is CCCCCCCC(=O)N[C@H](CC(N)=O)C(=O)C[C@@H](C)CCC(=O)Oc1ccc(Br)cc1. The lowest BCUT2D eigenvalue weighted by Gasteiger charge is -2.18. The van der Waals surface area contributed by atoms with E-state index >= 15 is 0 Å². The van der Waals surface area contributed by atoms with E-state index in [0.29, 0.717) is 18.6 Å². The van der Waals surface area contributed by atoms with Crippen LogP contribution in [0.1, 0.15) is 78.1 Å². The summed E-state index contributed by atoms with van der Waals surface area (Å²) in [5.41, 5.74) is 5.27. The lowest BCUT2D eigenvalue weighted by atomic mass is 9.94. The summed E-state index contributed by atoms with van der Waals surface area (Å²) in [5, 5.41) is 2.66. The maximum Gasteiger partial charge on any atom is 0.311 e. The number of rotatable bonds is 16. The number of Topliss-reactive ketones (excluding diaryl/α,β-unsaturated/α-hetero) is 1. The highest BCUT2D eigenvalue weighted by Gasteiger charge is 2.24. The smallest absolute Gasteiger partial charge is 0.311 e. The standard InChI is InChI=1S/C24H35BrN2O5/c1-3-4-5-6-7-8-23(30)27-20(16-22(26)29)21(28)15-17(2)9-14-24(31)32-19-12-10-18(25)11-13-19/h10-13,17,20H,3-9,14-16H2,1-2H3,(H2,26,29)(H,27,30)/t17-,20+/m0/s1. The first-order valence-electron chi connectivity index (χ1n) is 11.3. The number of carbonyl (C=O) groups excluding carboxylic acids is 4. The number of esters is 1. The van der Waals surface area contributed by atoms with Crippen molar-refractivity contribution >= 4 is 39.5 Å². The minimum Gasteiger partial charge on any atom is -0.427 e. The monoisotopic (exact) mass is 510 g/mol. The van der Waals surface area contributed by atoms with Crippen molar-refractivity contribution in [1.29, 1.82) is 0 Å². The van der Waals surface area contributed by atoms with Crippen LogP contribution in [0.4, 0.5) is 0 Å². The van der Waals surface area contributed by atoms with E-state index in [9.17, 15) is 19.2 Å². The first kappa shape index (κ1) is 27.8. The van der Waals surface area contributed by atoms with E-state index in [1.54, 1.807) is 24.3 Å². The van der Waals surface area contributed by atoms with Crippen LogP contribution in [0.2, 0.25) is 0 Å². The number of unbranched alkanes of at least 4 members (excludes halogenated alkanes) is 4. The molecule has 0 aliphatic carbocycles. The number of nitrogens with two attached hydrogens (primary N) is 1. The van der Waals surface area contributed by atoms with Crippen LogP contribution in [0.25, 0.3) is 0 Å². The van der Waals surface area contributed by atoms with E-state index in [0.717, 1.165) is 36.6 Å². The molecule has 0 unspecified atom stereocenters. The lowest BCUT2D eigenvalue weighted by Crippen LogP contribution is -2.43. The van der Waals surface area contributed by atoms with Gasteiger partial charge in [-0.2, -0.15) is 0 Å². The highest BCUT2D eigenvalue weighted by molar-refractivity contribution is 9.10. The van der Waals surface area contributed by atoms with E-state index < -0.39 is 11.9 Å². The summed E-state index contributed by atoms with van der Waals surface area (Å²) in [6.45, 7) is 3.97. The molecule has 0 saturated heterocycles. The number of ether oxygens (including phenoxy) is 1. The number of ketones is 1. The summed E-state index contributed by atoms with van der Waals surface area (Å²) in [6, 6.07) is 6.02. The Kier molecular flexibility index (Phi) is 13.5. The van der Waals surface area contributed by atoms with Crippen LogP contribution in [0.15, 0.2) is 28.7 Å². The van der Waals surface area contributed by atoms with Crippen LogP contribution >= 0.6 is 15.9 Å². The molecule has 178 valence electrons. The topological polar surface area (TPSA) is 116 Å². The molecular weight excluding hydrogens is 476 g/mol. The Bertz CT molecular complexity index is 751. The third-order valence-corrected chi connectivity index (χ3v) is 5.60. The largest absolute Gasteiger partial charge is 0.427 e. The molecule has 2 atom stereocenters. The third kappa shape index (κ3) is 12.6. The van der Waals surface area contributed by atoms with Gasteiger partial charge in [-0.15, -0.1) is 0 Å². The molecule has 0 heterocycles. The maximum absolute atomic E-state index is 12.7. The van der Waals surface area contributed by atoms with Gasteiger partial charge in [0.1, 0.15) is 5.75 Å². The van der Waals surface area contributed by atoms with Crippen molar-refractivity contribution in [3.05, 3.63) is 28.7 Å². The molecule has 1 aromatic carbocycles. The normalized spacial score (nSPS) is 12.6. The number of primary amides is 1. The highest BCUT2D eigenvalue weighted by atomic mass is 79.9. The van der Waals surface area contributed by atoms with Crippen LogP contribution in [0.3, 0.4) is 0 Å². The summed E-state index contributed by atoms with van der Waals surface area (Å²) >= 11 is 3.32. The quantitative estimate of drug-likeness (QED) is 0.193. The lowest BCUT2D eigenvalue weighted by molar-refractivity contribution is -0.135. The van der Waals surface area contributed by atoms with Crippen molar-refractivity contribution in [2.24, 2.45) is 11.7 Å². The summed E-state index contributed by atoms with van der Waals surface area (Å²) in [7, 11) is 0. The number of nitrogens with one attached hydrogen (secondary N) is 1. The molecule has 0 bridgehead atoms. The molecule has 3 N–H and O–H groups in total. The van der Waals surface area contributed by atoms with Gasteiger partial charge in [-0.3, -0.25) is 19.2 Å². The zero-order chi connectivity index (χ0) is 23.9. The second-order valence-electron chi connectivity index (χ2n) is 8.20. The number of benzene rings is 1. The molecule has 1 rings (SSSR count). The van der Waals surface area contributed by atoms with Gasteiger partial charge in [0.2, 0.25) is 11.8 Å². The van der Waals surface area contributed by atoms with Gasteiger partial charge in [0.15, 0.2) is 5.78 Å². The summed E-state index contributed by atoms with van der Waals surface area (Å²) in [4.78, 5) is 48.3. The molecule has 7 nitrogen and oxygen atoms in total. The van der Waals surface area contributed by atoms with E-state index in [4.69, 9.17) is 10.5 Å². The molecule has 0 aromatic heterocycles. The molecule has 0 saturated carbocycles. The van der Waals surface area contributed by atoms with E-state index in [1.807, 2.05) is 6.92 Å².